The van der Waals surface area contributed by atoms with E-state index in [-0.39, 0.29) is 11.6 Å². The van der Waals surface area contributed by atoms with Crippen LogP contribution in [-0.2, 0) is 0 Å². The molecule has 11 heteroatoms. The van der Waals surface area contributed by atoms with Crippen LogP contribution in [0.2, 0.25) is 0 Å². The normalized spacial score (nSPS) is 8.72. The van der Waals surface area contributed by atoms with Crippen LogP contribution < -0.4 is 11.5 Å². The first-order valence-corrected chi connectivity index (χ1v) is 4.11. The predicted molar refractivity (Wildman–Crippen MR) is 57.3 cm³/mol. The van der Waals surface area contributed by atoms with E-state index in [4.69, 9.17) is 26.8 Å². The van der Waals surface area contributed by atoms with Gasteiger partial charge in [0, 0.05) is 6.07 Å². The first kappa shape index (κ1) is 15.0. The number of nitrogens with two attached hydrogens (primary N) is 2. The Balaban J connectivity index is 0.000000631. The predicted octanol–water partition coefficient (Wildman–Crippen LogP) is 0.291. The van der Waals surface area contributed by atoms with Gasteiger partial charge in [-0.1, -0.05) is 0 Å². The first-order chi connectivity index (χ1) is 8.23. The van der Waals surface area contributed by atoms with E-state index >= 15 is 0 Å². The van der Waals surface area contributed by atoms with Gasteiger partial charge in [-0.2, -0.15) is 4.39 Å². The monoisotopic (exact) mass is 261 g/mol. The molecule has 98 valence electrons. The van der Waals surface area contributed by atoms with Crippen LogP contribution in [0.4, 0.5) is 15.8 Å². The molecule has 0 spiro atoms. The Hall–Kier alpha value is -2.98. The van der Waals surface area contributed by atoms with Gasteiger partial charge in [0.1, 0.15) is 0 Å². The smallest absolute Gasteiger partial charge is 0.306 e. The summed E-state index contributed by atoms with van der Waals surface area (Å²) < 4.78 is 12.8. The quantitative estimate of drug-likeness (QED) is 0.297. The summed E-state index contributed by atoms with van der Waals surface area (Å²) in [6.45, 7) is 0. The first-order valence-electron chi connectivity index (χ1n) is 4.11. The zero-order chi connectivity index (χ0) is 14.3. The Morgan fingerprint density at radius 3 is 2.22 bits per heavy atom. The molecule has 10 nitrogen and oxygen atoms in total. The molecule has 0 radical (unpaired) electrons. The number of nitrogens with zero attached hydrogens (tertiary/aromatic N) is 3. The van der Waals surface area contributed by atoms with E-state index < -0.39 is 21.5 Å². The molecule has 0 aromatic heterocycles. The SMILES string of the molecule is NC(N)=Nc1ccc(F)c([N+](=O)[O-])c1.O=[N+]([O-])O. The van der Waals surface area contributed by atoms with Crippen LogP contribution in [0.25, 0.3) is 0 Å². The highest BCUT2D eigenvalue weighted by molar-refractivity contribution is 5.79. The molecule has 0 amide bonds. The third-order valence-corrected chi connectivity index (χ3v) is 1.38. The fourth-order valence-electron chi connectivity index (χ4n) is 0.860. The lowest BCUT2D eigenvalue weighted by molar-refractivity contribution is -0.742. The van der Waals surface area contributed by atoms with E-state index in [1.807, 2.05) is 0 Å². The number of guanidine groups is 1. The highest BCUT2D eigenvalue weighted by Crippen LogP contribution is 2.23. The third kappa shape index (κ3) is 5.79. The fourth-order valence-corrected chi connectivity index (χ4v) is 0.860. The van der Waals surface area contributed by atoms with Crippen LogP contribution in [0.3, 0.4) is 0 Å². The van der Waals surface area contributed by atoms with Crippen molar-refractivity contribution >= 4 is 17.3 Å². The maximum absolute atomic E-state index is 12.8. The largest absolute Gasteiger partial charge is 0.370 e. The van der Waals surface area contributed by atoms with Crippen LogP contribution in [0.5, 0.6) is 0 Å². The molecule has 1 aromatic carbocycles. The Bertz CT molecular complexity index is 483. The van der Waals surface area contributed by atoms with Gasteiger partial charge in [-0.05, 0) is 12.1 Å². The van der Waals surface area contributed by atoms with Gasteiger partial charge < -0.3 is 16.7 Å². The molecule has 0 atom stereocenters. The number of nitro groups is 1. The van der Waals surface area contributed by atoms with Gasteiger partial charge in [0.25, 0.3) is 5.09 Å². The van der Waals surface area contributed by atoms with Crippen LogP contribution in [0.15, 0.2) is 23.2 Å². The van der Waals surface area contributed by atoms with Gasteiger partial charge in [0.05, 0.1) is 10.6 Å². The van der Waals surface area contributed by atoms with Crippen molar-refractivity contribution in [1.29, 1.82) is 0 Å². The highest BCUT2D eigenvalue weighted by atomic mass is 19.1. The molecule has 1 rings (SSSR count). The molecule has 0 unspecified atom stereocenters. The molecular weight excluding hydrogens is 253 g/mol. The molecule has 0 aliphatic heterocycles. The number of rotatable bonds is 2. The molecule has 0 saturated carbocycles. The minimum atomic E-state index is -1.50. The van der Waals surface area contributed by atoms with E-state index in [9.17, 15) is 14.5 Å². The zero-order valence-electron chi connectivity index (χ0n) is 8.69. The van der Waals surface area contributed by atoms with E-state index in [1.54, 1.807) is 0 Å². The van der Waals surface area contributed by atoms with Crippen molar-refractivity contribution in [3.8, 4) is 0 Å². The molecule has 0 saturated heterocycles. The maximum Gasteiger partial charge on any atom is 0.306 e. The number of benzene rings is 1. The summed E-state index contributed by atoms with van der Waals surface area (Å²) in [5.41, 5.74) is 9.58. The molecule has 0 aliphatic rings. The van der Waals surface area contributed by atoms with Crippen LogP contribution >= 0.6 is 0 Å². The van der Waals surface area contributed by atoms with Gasteiger partial charge in [0.15, 0.2) is 5.96 Å². The van der Waals surface area contributed by atoms with Crippen molar-refractivity contribution in [3.05, 3.63) is 44.2 Å². The van der Waals surface area contributed by atoms with Crippen molar-refractivity contribution in [2.45, 2.75) is 0 Å². The van der Waals surface area contributed by atoms with Crippen molar-refractivity contribution in [1.82, 2.24) is 0 Å². The van der Waals surface area contributed by atoms with Gasteiger partial charge in [-0.3, -0.25) is 10.1 Å². The lowest BCUT2D eigenvalue weighted by atomic mass is 10.3. The average Bonchev–Trinajstić information content (AvgIpc) is 2.19. The van der Waals surface area contributed by atoms with Crippen molar-refractivity contribution in [2.75, 3.05) is 0 Å². The number of halogens is 1. The second-order valence-corrected chi connectivity index (χ2v) is 2.67. The van der Waals surface area contributed by atoms with Crippen LogP contribution in [0.1, 0.15) is 0 Å². The zero-order valence-corrected chi connectivity index (χ0v) is 8.69. The summed E-state index contributed by atoms with van der Waals surface area (Å²) in [6, 6.07) is 3.12. The van der Waals surface area contributed by atoms with Crippen LogP contribution in [-0.4, -0.2) is 21.2 Å². The number of hydrogen-bond acceptors (Lipinski definition) is 5. The van der Waals surface area contributed by atoms with Gasteiger partial charge in [0.2, 0.25) is 5.82 Å². The summed E-state index contributed by atoms with van der Waals surface area (Å²) in [5, 5.41) is 24.0. The molecule has 0 aliphatic carbocycles. The number of aliphatic imine (C=N–C) groups is 1. The molecule has 18 heavy (non-hydrogen) atoms. The summed E-state index contributed by atoms with van der Waals surface area (Å²) in [6.07, 6.45) is 0. The molecule has 0 fully saturated rings. The summed E-state index contributed by atoms with van der Waals surface area (Å²) in [5.74, 6) is -1.17. The summed E-state index contributed by atoms with van der Waals surface area (Å²) in [4.78, 5) is 21.4. The Morgan fingerprint density at radius 1 is 1.33 bits per heavy atom. The standard InChI is InChI=1S/C7H7FN4O2.HNO3/c8-5-2-1-4(11-7(9)10)3-6(5)12(13)14;2-1(3)4/h1-3H,(H4,9,10,11);(H,2,3,4). The minimum absolute atomic E-state index is 0.137. The maximum atomic E-state index is 12.8. The fraction of sp³-hybridized carbons (Fsp3) is 0. The number of nitro benzene ring substituents is 1. The Morgan fingerprint density at radius 2 is 1.83 bits per heavy atom. The van der Waals surface area contributed by atoms with E-state index in [1.165, 1.54) is 6.07 Å². The third-order valence-electron chi connectivity index (χ3n) is 1.38. The highest BCUT2D eigenvalue weighted by Gasteiger charge is 2.13. The molecular formula is C7H8FN5O5. The van der Waals surface area contributed by atoms with E-state index in [0.29, 0.717) is 0 Å². The topological polar surface area (TPSA) is 171 Å². The summed E-state index contributed by atoms with van der Waals surface area (Å²) in [7, 11) is 0. The minimum Gasteiger partial charge on any atom is -0.370 e. The average molecular weight is 261 g/mol. The lowest BCUT2D eigenvalue weighted by Gasteiger charge is -1.96. The molecule has 0 bridgehead atoms. The second kappa shape index (κ2) is 6.57. The van der Waals surface area contributed by atoms with E-state index in [0.717, 1.165) is 12.1 Å². The van der Waals surface area contributed by atoms with Crippen molar-refractivity contribution < 1.29 is 19.6 Å². The van der Waals surface area contributed by atoms with Crippen LogP contribution in [0, 0.1) is 26.0 Å². The Labute approximate surface area is 98.6 Å². The van der Waals surface area contributed by atoms with Gasteiger partial charge in [-0.15, -0.1) is 10.1 Å². The lowest BCUT2D eigenvalue weighted by Crippen LogP contribution is -2.21. The number of hydrogen-bond donors (Lipinski definition) is 3. The molecule has 1 aromatic rings. The van der Waals surface area contributed by atoms with Gasteiger partial charge >= 0.3 is 5.69 Å². The van der Waals surface area contributed by atoms with Crippen molar-refractivity contribution in [2.24, 2.45) is 16.5 Å². The molecule has 5 N–H and O–H groups in total. The van der Waals surface area contributed by atoms with Gasteiger partial charge in [-0.25, -0.2) is 4.99 Å². The van der Waals surface area contributed by atoms with Crippen molar-refractivity contribution in [3.63, 3.8) is 0 Å². The Kier molecular flexibility index (Phi) is 5.48. The van der Waals surface area contributed by atoms with E-state index in [2.05, 4.69) is 4.99 Å². The second-order valence-electron chi connectivity index (χ2n) is 2.67. The molecule has 0 heterocycles. The summed E-state index contributed by atoms with van der Waals surface area (Å²) >= 11 is 0.